The highest BCUT2D eigenvalue weighted by Gasteiger charge is 2.17. The van der Waals surface area contributed by atoms with Crippen molar-refractivity contribution in [2.75, 3.05) is 0 Å². The lowest BCUT2D eigenvalue weighted by molar-refractivity contribution is 0.781. The van der Waals surface area contributed by atoms with Crippen molar-refractivity contribution in [1.29, 1.82) is 0 Å². The monoisotopic (exact) mass is 629 g/mol. The van der Waals surface area contributed by atoms with E-state index in [-0.39, 0.29) is 6.04 Å². The van der Waals surface area contributed by atoms with E-state index in [0.717, 1.165) is 61.7 Å². The molecule has 8 rings (SSSR count). The summed E-state index contributed by atoms with van der Waals surface area (Å²) in [6.45, 7) is 2.20. The van der Waals surface area contributed by atoms with Gasteiger partial charge in [0.25, 0.3) is 0 Å². The van der Waals surface area contributed by atoms with E-state index in [2.05, 4.69) is 170 Å². The molecule has 49 heavy (non-hydrogen) atoms. The van der Waals surface area contributed by atoms with Gasteiger partial charge in [-0.25, -0.2) is 4.98 Å². The highest BCUT2D eigenvalue weighted by Crippen LogP contribution is 2.36. The summed E-state index contributed by atoms with van der Waals surface area (Å²) in [5.74, 6) is 0. The molecule has 0 saturated heterocycles. The average Bonchev–Trinajstić information content (AvgIpc) is 3.19. The number of rotatable bonds is 7. The lowest BCUT2D eigenvalue weighted by Crippen LogP contribution is -2.25. The van der Waals surface area contributed by atoms with Crippen LogP contribution < -0.4 is 5.32 Å². The van der Waals surface area contributed by atoms with E-state index in [9.17, 15) is 0 Å². The molecule has 3 nitrogen and oxygen atoms in total. The van der Waals surface area contributed by atoms with Crippen LogP contribution in [0.2, 0.25) is 0 Å². The van der Waals surface area contributed by atoms with Crippen LogP contribution in [-0.4, -0.2) is 16.0 Å². The van der Waals surface area contributed by atoms with Crippen LogP contribution in [0, 0.1) is 0 Å². The van der Waals surface area contributed by atoms with Gasteiger partial charge < -0.3 is 5.32 Å². The number of nitrogens with one attached hydrogen (secondary N) is 1. The molecule has 234 valence electrons. The fraction of sp³-hybridized carbons (Fsp3) is 0.0435. The average molecular weight is 630 g/mol. The van der Waals surface area contributed by atoms with E-state index < -0.39 is 0 Å². The normalized spacial score (nSPS) is 14.0. The Labute approximate surface area is 288 Å². The predicted octanol–water partition coefficient (Wildman–Crippen LogP) is 11.2. The SMILES string of the molecule is CC1C=C(c2ccccc2)C=C(c2cc(-c3cc(-c4ccccc4)nc(-c4ccccc4)c3)cc(-c3cc(-c4ccccc4)ccn3)c2)N1. The third-order valence-electron chi connectivity index (χ3n) is 8.92. The summed E-state index contributed by atoms with van der Waals surface area (Å²) in [7, 11) is 0. The molecule has 0 bridgehead atoms. The number of pyridine rings is 2. The summed E-state index contributed by atoms with van der Waals surface area (Å²) in [4.78, 5) is 10.0. The van der Waals surface area contributed by atoms with Gasteiger partial charge in [0.1, 0.15) is 0 Å². The molecule has 0 fully saturated rings. The Balaban J connectivity index is 1.32. The van der Waals surface area contributed by atoms with Crippen LogP contribution in [-0.2, 0) is 0 Å². The van der Waals surface area contributed by atoms with Crippen LogP contribution in [0.4, 0.5) is 0 Å². The lowest BCUT2D eigenvalue weighted by atomic mass is 9.92. The van der Waals surface area contributed by atoms with Crippen molar-refractivity contribution >= 4 is 11.3 Å². The maximum Gasteiger partial charge on any atom is 0.0715 e. The van der Waals surface area contributed by atoms with Gasteiger partial charge in [0.15, 0.2) is 0 Å². The molecule has 0 spiro atoms. The topological polar surface area (TPSA) is 37.8 Å². The van der Waals surface area contributed by atoms with E-state index in [1.165, 1.54) is 16.7 Å². The first-order valence-electron chi connectivity index (χ1n) is 16.7. The van der Waals surface area contributed by atoms with Crippen LogP contribution in [0.3, 0.4) is 0 Å². The molecule has 1 aliphatic rings. The molecule has 2 aromatic heterocycles. The second-order valence-electron chi connectivity index (χ2n) is 12.4. The third-order valence-corrected chi connectivity index (χ3v) is 8.92. The number of hydrogen-bond acceptors (Lipinski definition) is 3. The number of benzene rings is 5. The maximum atomic E-state index is 5.15. The summed E-state index contributed by atoms with van der Waals surface area (Å²) in [5.41, 5.74) is 15.1. The minimum absolute atomic E-state index is 0.164. The zero-order valence-electron chi connectivity index (χ0n) is 27.3. The van der Waals surface area contributed by atoms with Gasteiger partial charge in [0.2, 0.25) is 0 Å². The summed E-state index contributed by atoms with van der Waals surface area (Å²) >= 11 is 0. The quantitative estimate of drug-likeness (QED) is 0.191. The molecule has 3 heteroatoms. The number of allylic oxidation sites excluding steroid dienone is 2. The summed E-state index contributed by atoms with van der Waals surface area (Å²) in [6.07, 6.45) is 6.47. The van der Waals surface area contributed by atoms with E-state index in [0.29, 0.717) is 0 Å². The zero-order valence-corrected chi connectivity index (χ0v) is 27.3. The van der Waals surface area contributed by atoms with Gasteiger partial charge >= 0.3 is 0 Å². The van der Waals surface area contributed by atoms with Gasteiger partial charge in [-0.05, 0) is 94.4 Å². The predicted molar refractivity (Wildman–Crippen MR) is 204 cm³/mol. The number of hydrogen-bond donors (Lipinski definition) is 1. The summed E-state index contributed by atoms with van der Waals surface area (Å²) < 4.78 is 0. The second kappa shape index (κ2) is 13.4. The largest absolute Gasteiger partial charge is 0.379 e. The van der Waals surface area contributed by atoms with Gasteiger partial charge in [-0.2, -0.15) is 0 Å². The number of dihydropyridines is 1. The van der Waals surface area contributed by atoms with Crippen LogP contribution in [0.15, 0.2) is 182 Å². The van der Waals surface area contributed by atoms with Crippen molar-refractivity contribution in [2.24, 2.45) is 0 Å². The lowest BCUT2D eigenvalue weighted by Gasteiger charge is -2.23. The van der Waals surface area contributed by atoms with E-state index in [1.807, 2.05) is 24.4 Å². The second-order valence-corrected chi connectivity index (χ2v) is 12.4. The third kappa shape index (κ3) is 6.60. The minimum Gasteiger partial charge on any atom is -0.379 e. The Kier molecular flexibility index (Phi) is 8.23. The fourth-order valence-electron chi connectivity index (χ4n) is 6.49. The summed E-state index contributed by atoms with van der Waals surface area (Å²) in [6, 6.07) is 57.6. The Morgan fingerprint density at radius 2 is 0.918 bits per heavy atom. The first-order valence-corrected chi connectivity index (χ1v) is 16.7. The Morgan fingerprint density at radius 1 is 0.429 bits per heavy atom. The summed E-state index contributed by atoms with van der Waals surface area (Å²) in [5, 5.41) is 3.75. The Bertz CT molecular complexity index is 2230. The van der Waals surface area contributed by atoms with Gasteiger partial charge in [0.05, 0.1) is 17.1 Å². The highest BCUT2D eigenvalue weighted by atomic mass is 14.9. The van der Waals surface area contributed by atoms with Gasteiger partial charge in [-0.15, -0.1) is 0 Å². The molecular weight excluding hydrogens is 595 g/mol. The first kappa shape index (κ1) is 30.0. The van der Waals surface area contributed by atoms with Gasteiger partial charge in [-0.3, -0.25) is 4.98 Å². The Morgan fingerprint density at radius 3 is 1.53 bits per heavy atom. The molecule has 5 aromatic carbocycles. The van der Waals surface area contributed by atoms with Crippen molar-refractivity contribution in [1.82, 2.24) is 15.3 Å². The van der Waals surface area contributed by atoms with Crippen molar-refractivity contribution in [3.63, 3.8) is 0 Å². The van der Waals surface area contributed by atoms with Crippen LogP contribution >= 0.6 is 0 Å². The smallest absolute Gasteiger partial charge is 0.0715 e. The molecule has 1 atom stereocenters. The van der Waals surface area contributed by atoms with Crippen molar-refractivity contribution in [3.8, 4) is 56.0 Å². The number of nitrogens with zero attached hydrogens (tertiary/aromatic N) is 2. The van der Waals surface area contributed by atoms with E-state index in [1.54, 1.807) is 0 Å². The van der Waals surface area contributed by atoms with Crippen molar-refractivity contribution < 1.29 is 0 Å². The van der Waals surface area contributed by atoms with E-state index >= 15 is 0 Å². The molecule has 0 saturated carbocycles. The van der Waals surface area contributed by atoms with Crippen molar-refractivity contribution in [2.45, 2.75) is 13.0 Å². The molecule has 1 N–H and O–H groups in total. The van der Waals surface area contributed by atoms with Crippen molar-refractivity contribution in [3.05, 3.63) is 193 Å². The minimum atomic E-state index is 0.164. The molecule has 7 aromatic rings. The van der Waals surface area contributed by atoms with Gasteiger partial charge in [0, 0.05) is 34.6 Å². The standard InChI is InChI=1S/C46H35N3/c1-32-24-38(34-16-8-3-9-17-34)29-46(48-32)42-26-39(25-41(27-42)43-28-37(22-23-47-43)33-14-6-2-7-15-33)40-30-44(35-18-10-4-11-19-35)49-45(31-40)36-20-12-5-13-21-36/h2-32,48H,1H3. The molecule has 1 unspecified atom stereocenters. The first-order chi connectivity index (χ1) is 24.2. The highest BCUT2D eigenvalue weighted by molar-refractivity contribution is 5.89. The number of aromatic nitrogens is 2. The Hall–Kier alpha value is -6.32. The van der Waals surface area contributed by atoms with E-state index in [4.69, 9.17) is 9.97 Å². The van der Waals surface area contributed by atoms with Crippen LogP contribution in [0.1, 0.15) is 18.1 Å². The van der Waals surface area contributed by atoms with Gasteiger partial charge in [-0.1, -0.05) is 127 Å². The molecule has 3 heterocycles. The molecule has 1 aliphatic heterocycles. The van der Waals surface area contributed by atoms with Crippen LogP contribution in [0.25, 0.3) is 67.3 Å². The molecule has 0 radical (unpaired) electrons. The maximum absolute atomic E-state index is 5.15. The fourth-order valence-corrected chi connectivity index (χ4v) is 6.49. The molecule has 0 amide bonds. The zero-order chi connectivity index (χ0) is 33.0. The molecular formula is C46H35N3. The molecule has 0 aliphatic carbocycles. The van der Waals surface area contributed by atoms with Crippen LogP contribution in [0.5, 0.6) is 0 Å².